The van der Waals surface area contributed by atoms with E-state index in [2.05, 4.69) is 33.8 Å². The van der Waals surface area contributed by atoms with Crippen LogP contribution in [0, 0.1) is 26.7 Å². The first-order valence-electron chi connectivity index (χ1n) is 8.39. The number of thiazole rings is 1. The summed E-state index contributed by atoms with van der Waals surface area (Å²) < 4.78 is 6.39. The smallest absolute Gasteiger partial charge is 0.230 e. The van der Waals surface area contributed by atoms with E-state index >= 15 is 0 Å². The van der Waals surface area contributed by atoms with E-state index < -0.39 is 0 Å². The number of nitrogens with zero attached hydrogens (tertiary/aromatic N) is 2. The molecule has 130 valence electrons. The molecule has 0 spiro atoms. The molecule has 1 amide bonds. The van der Waals surface area contributed by atoms with Gasteiger partial charge in [-0.2, -0.15) is 0 Å². The number of aryl methyl sites for hydroxylation is 3. The van der Waals surface area contributed by atoms with Gasteiger partial charge in [0.25, 0.3) is 0 Å². The number of carbonyl (C=O) groups is 1. The summed E-state index contributed by atoms with van der Waals surface area (Å²) in [6, 6.07) is 4.04. The molecule has 4 rings (SSSR count). The van der Waals surface area contributed by atoms with E-state index in [1.807, 2.05) is 19.9 Å². The number of benzene rings is 1. The highest BCUT2D eigenvalue weighted by Gasteiger charge is 2.23. The fraction of sp³-hybridized carbons (Fsp3) is 0.389. The van der Waals surface area contributed by atoms with E-state index in [0.717, 1.165) is 57.9 Å². The van der Waals surface area contributed by atoms with Gasteiger partial charge in [-0.3, -0.25) is 4.79 Å². The molecule has 2 N–H and O–H groups in total. The van der Waals surface area contributed by atoms with Gasteiger partial charge >= 0.3 is 0 Å². The lowest BCUT2D eigenvalue weighted by Crippen LogP contribution is -2.24. The summed E-state index contributed by atoms with van der Waals surface area (Å²) in [4.78, 5) is 16.9. The lowest BCUT2D eigenvalue weighted by Gasteiger charge is -2.06. The van der Waals surface area contributed by atoms with Crippen molar-refractivity contribution in [2.24, 2.45) is 5.92 Å². The van der Waals surface area contributed by atoms with Crippen molar-refractivity contribution in [2.75, 3.05) is 18.4 Å². The third kappa shape index (κ3) is 2.83. The summed E-state index contributed by atoms with van der Waals surface area (Å²) in [6.07, 6.45) is 0.881. The Balaban J connectivity index is 1.69. The van der Waals surface area contributed by atoms with Gasteiger partial charge in [0.15, 0.2) is 5.13 Å². The van der Waals surface area contributed by atoms with Crippen LogP contribution in [0.15, 0.2) is 16.7 Å². The predicted molar refractivity (Wildman–Crippen MR) is 98.9 cm³/mol. The van der Waals surface area contributed by atoms with E-state index in [-0.39, 0.29) is 11.8 Å². The summed E-state index contributed by atoms with van der Waals surface area (Å²) >= 11 is 1.52. The highest BCUT2D eigenvalue weighted by atomic mass is 32.1. The summed E-state index contributed by atoms with van der Waals surface area (Å²) in [5, 5.41) is 10.9. The fourth-order valence-electron chi connectivity index (χ4n) is 3.40. The van der Waals surface area contributed by atoms with E-state index in [4.69, 9.17) is 4.52 Å². The standard InChI is InChI=1S/C18H20N4O2S/c1-9-13(15-10(2)22-24-11(15)3)4-5-14-16(9)25-18(20-14)21-17(23)12-6-7-19-8-12/h4-5,12,19H,6-8H2,1-3H3,(H,20,21,23). The Morgan fingerprint density at radius 3 is 2.88 bits per heavy atom. The Bertz CT molecular complexity index is 934. The summed E-state index contributed by atoms with van der Waals surface area (Å²) in [5.74, 6) is 0.894. The molecule has 6 nitrogen and oxygen atoms in total. The van der Waals surface area contributed by atoms with Crippen LogP contribution in [0.2, 0.25) is 0 Å². The van der Waals surface area contributed by atoms with Crippen LogP contribution in [0.5, 0.6) is 0 Å². The monoisotopic (exact) mass is 356 g/mol. The summed E-state index contributed by atoms with van der Waals surface area (Å²) in [5.41, 5.74) is 5.05. The Hall–Kier alpha value is -2.25. The molecule has 1 atom stereocenters. The Morgan fingerprint density at radius 2 is 2.20 bits per heavy atom. The first kappa shape index (κ1) is 16.2. The van der Waals surface area contributed by atoms with Gasteiger partial charge in [-0.25, -0.2) is 4.98 Å². The lowest BCUT2D eigenvalue weighted by atomic mass is 9.99. The maximum Gasteiger partial charge on any atom is 0.230 e. The minimum absolute atomic E-state index is 0.0333. The third-order valence-electron chi connectivity index (χ3n) is 4.77. The van der Waals surface area contributed by atoms with Gasteiger partial charge in [0, 0.05) is 12.1 Å². The largest absolute Gasteiger partial charge is 0.361 e. The van der Waals surface area contributed by atoms with Gasteiger partial charge in [0.2, 0.25) is 5.91 Å². The zero-order valence-corrected chi connectivity index (χ0v) is 15.3. The molecule has 3 heterocycles. The SMILES string of the molecule is Cc1noc(C)c1-c1ccc2nc(NC(=O)C3CCNC3)sc2c1C. The average molecular weight is 356 g/mol. The van der Waals surface area contributed by atoms with Crippen LogP contribution in [0.3, 0.4) is 0 Å². The lowest BCUT2D eigenvalue weighted by molar-refractivity contribution is -0.119. The van der Waals surface area contributed by atoms with Gasteiger partial charge in [0.05, 0.1) is 21.8 Å². The highest BCUT2D eigenvalue weighted by Crippen LogP contribution is 2.37. The molecule has 0 aliphatic carbocycles. The molecule has 0 radical (unpaired) electrons. The molecule has 25 heavy (non-hydrogen) atoms. The zero-order valence-electron chi connectivity index (χ0n) is 14.5. The first-order valence-corrected chi connectivity index (χ1v) is 9.21. The molecule has 1 aromatic carbocycles. The van der Waals surface area contributed by atoms with Gasteiger partial charge in [0.1, 0.15) is 5.76 Å². The van der Waals surface area contributed by atoms with E-state index in [1.165, 1.54) is 11.3 Å². The molecule has 1 saturated heterocycles. The second-order valence-corrected chi connectivity index (χ2v) is 7.48. The van der Waals surface area contributed by atoms with Crippen LogP contribution in [-0.2, 0) is 4.79 Å². The van der Waals surface area contributed by atoms with Crippen LogP contribution < -0.4 is 10.6 Å². The van der Waals surface area contributed by atoms with Crippen molar-refractivity contribution in [1.82, 2.24) is 15.5 Å². The Kier molecular flexibility index (Phi) is 4.05. The topological polar surface area (TPSA) is 80.1 Å². The molecule has 2 aromatic heterocycles. The van der Waals surface area contributed by atoms with Crippen molar-refractivity contribution < 1.29 is 9.32 Å². The number of aromatic nitrogens is 2. The van der Waals surface area contributed by atoms with Crippen molar-refractivity contribution in [3.63, 3.8) is 0 Å². The van der Waals surface area contributed by atoms with E-state index in [1.54, 1.807) is 0 Å². The number of hydrogen-bond donors (Lipinski definition) is 2. The molecule has 7 heteroatoms. The molecule has 3 aromatic rings. The maximum absolute atomic E-state index is 12.3. The van der Waals surface area contributed by atoms with Crippen LogP contribution >= 0.6 is 11.3 Å². The molecule has 0 bridgehead atoms. The number of anilines is 1. The minimum atomic E-state index is 0.0333. The molecular weight excluding hydrogens is 336 g/mol. The van der Waals surface area contributed by atoms with Crippen molar-refractivity contribution in [3.8, 4) is 11.1 Å². The van der Waals surface area contributed by atoms with Crippen molar-refractivity contribution in [1.29, 1.82) is 0 Å². The molecule has 1 aliphatic heterocycles. The molecule has 1 aliphatic rings. The van der Waals surface area contributed by atoms with Crippen LogP contribution in [0.4, 0.5) is 5.13 Å². The maximum atomic E-state index is 12.3. The van der Waals surface area contributed by atoms with Gasteiger partial charge in [-0.1, -0.05) is 22.6 Å². The predicted octanol–water partition coefficient (Wildman–Crippen LogP) is 3.42. The number of fused-ring (bicyclic) bond motifs is 1. The second-order valence-electron chi connectivity index (χ2n) is 6.48. The molecule has 1 unspecified atom stereocenters. The van der Waals surface area contributed by atoms with Crippen molar-refractivity contribution in [3.05, 3.63) is 29.2 Å². The van der Waals surface area contributed by atoms with Crippen LogP contribution in [-0.4, -0.2) is 29.1 Å². The fourth-order valence-corrected chi connectivity index (χ4v) is 4.37. The summed E-state index contributed by atoms with van der Waals surface area (Å²) in [6.45, 7) is 7.59. The quantitative estimate of drug-likeness (QED) is 0.751. The molecule has 1 fully saturated rings. The zero-order chi connectivity index (χ0) is 17.6. The Morgan fingerprint density at radius 1 is 1.36 bits per heavy atom. The Labute approximate surface area is 149 Å². The highest BCUT2D eigenvalue weighted by molar-refractivity contribution is 7.22. The summed E-state index contributed by atoms with van der Waals surface area (Å²) in [7, 11) is 0. The number of amides is 1. The van der Waals surface area contributed by atoms with Gasteiger partial charge in [-0.05, 0) is 50.9 Å². The third-order valence-corrected chi connectivity index (χ3v) is 5.88. The molecule has 0 saturated carbocycles. The van der Waals surface area contributed by atoms with Crippen molar-refractivity contribution >= 4 is 32.6 Å². The minimum Gasteiger partial charge on any atom is -0.361 e. The van der Waals surface area contributed by atoms with Crippen molar-refractivity contribution in [2.45, 2.75) is 27.2 Å². The first-order chi connectivity index (χ1) is 12.0. The van der Waals surface area contributed by atoms with E-state index in [0.29, 0.717) is 5.13 Å². The number of rotatable bonds is 3. The van der Waals surface area contributed by atoms with Crippen LogP contribution in [0.25, 0.3) is 21.3 Å². The molecular formula is C18H20N4O2S. The second kappa shape index (κ2) is 6.24. The number of nitrogens with one attached hydrogen (secondary N) is 2. The van der Waals surface area contributed by atoms with Crippen LogP contribution in [0.1, 0.15) is 23.4 Å². The van der Waals surface area contributed by atoms with Gasteiger partial charge < -0.3 is 15.2 Å². The van der Waals surface area contributed by atoms with E-state index in [9.17, 15) is 4.79 Å². The van der Waals surface area contributed by atoms with Gasteiger partial charge in [-0.15, -0.1) is 0 Å². The number of hydrogen-bond acceptors (Lipinski definition) is 6. The normalized spacial score (nSPS) is 17.3. The average Bonchev–Trinajstić information content (AvgIpc) is 3.30. The number of carbonyl (C=O) groups excluding carboxylic acids is 1.